The van der Waals surface area contributed by atoms with Crippen molar-refractivity contribution in [3.05, 3.63) is 64.5 Å². The Labute approximate surface area is 112 Å². The molecule has 0 bridgehead atoms. The van der Waals surface area contributed by atoms with Gasteiger partial charge in [-0.2, -0.15) is 0 Å². The number of ether oxygens (including phenoxy) is 1. The Morgan fingerprint density at radius 2 is 1.74 bits per heavy atom. The van der Waals surface area contributed by atoms with Gasteiger partial charge in [0.2, 0.25) is 0 Å². The molecule has 1 unspecified atom stereocenters. The minimum atomic E-state index is -0.832. The molecular formula is C16H17FO2. The van der Waals surface area contributed by atoms with E-state index < -0.39 is 11.9 Å². The molecule has 1 atom stereocenters. The normalized spacial score (nSPS) is 12.3. The van der Waals surface area contributed by atoms with Crippen LogP contribution in [0.4, 0.5) is 4.39 Å². The van der Waals surface area contributed by atoms with Crippen molar-refractivity contribution in [3.63, 3.8) is 0 Å². The van der Waals surface area contributed by atoms with Gasteiger partial charge in [-0.05, 0) is 48.2 Å². The number of aliphatic hydroxyl groups excluding tert-OH is 1. The maximum absolute atomic E-state index is 13.7. The summed E-state index contributed by atoms with van der Waals surface area (Å²) in [4.78, 5) is 0. The average molecular weight is 260 g/mol. The SMILES string of the molecule is COc1ccc(C(O)c2c(C)cccc2C)cc1F. The van der Waals surface area contributed by atoms with E-state index in [1.807, 2.05) is 32.0 Å². The fourth-order valence-corrected chi connectivity index (χ4v) is 2.28. The van der Waals surface area contributed by atoms with Crippen LogP contribution in [0.3, 0.4) is 0 Å². The van der Waals surface area contributed by atoms with E-state index in [1.165, 1.54) is 19.2 Å². The van der Waals surface area contributed by atoms with E-state index in [0.717, 1.165) is 16.7 Å². The molecule has 0 amide bonds. The maximum Gasteiger partial charge on any atom is 0.165 e. The minimum absolute atomic E-state index is 0.178. The molecule has 1 N–H and O–H groups in total. The zero-order chi connectivity index (χ0) is 14.0. The summed E-state index contributed by atoms with van der Waals surface area (Å²) in [5.41, 5.74) is 3.33. The van der Waals surface area contributed by atoms with Crippen LogP contribution in [-0.2, 0) is 0 Å². The van der Waals surface area contributed by atoms with Crippen LogP contribution in [0.5, 0.6) is 5.75 Å². The number of halogens is 1. The van der Waals surface area contributed by atoms with Gasteiger partial charge in [0.15, 0.2) is 11.6 Å². The van der Waals surface area contributed by atoms with E-state index in [4.69, 9.17) is 4.74 Å². The minimum Gasteiger partial charge on any atom is -0.494 e. The van der Waals surface area contributed by atoms with Crippen molar-refractivity contribution in [1.29, 1.82) is 0 Å². The van der Waals surface area contributed by atoms with Gasteiger partial charge in [-0.15, -0.1) is 0 Å². The van der Waals surface area contributed by atoms with Gasteiger partial charge in [0.1, 0.15) is 6.10 Å². The number of methoxy groups -OCH3 is 1. The second kappa shape index (κ2) is 5.41. The van der Waals surface area contributed by atoms with Crippen LogP contribution in [0.2, 0.25) is 0 Å². The van der Waals surface area contributed by atoms with Crippen molar-refractivity contribution in [1.82, 2.24) is 0 Å². The number of hydrogen-bond acceptors (Lipinski definition) is 2. The highest BCUT2D eigenvalue weighted by Gasteiger charge is 2.16. The number of hydrogen-bond donors (Lipinski definition) is 1. The summed E-state index contributed by atoms with van der Waals surface area (Å²) >= 11 is 0. The summed E-state index contributed by atoms with van der Waals surface area (Å²) in [6.45, 7) is 3.87. The van der Waals surface area contributed by atoms with E-state index >= 15 is 0 Å². The summed E-state index contributed by atoms with van der Waals surface area (Å²) in [5, 5.41) is 10.4. The molecule has 0 radical (unpaired) electrons. The molecule has 0 aromatic heterocycles. The predicted molar refractivity (Wildman–Crippen MR) is 72.9 cm³/mol. The zero-order valence-corrected chi connectivity index (χ0v) is 11.3. The van der Waals surface area contributed by atoms with E-state index in [2.05, 4.69) is 0 Å². The fourth-order valence-electron chi connectivity index (χ4n) is 2.28. The first kappa shape index (κ1) is 13.6. The Balaban J connectivity index is 2.44. The molecule has 0 aliphatic carbocycles. The molecular weight excluding hydrogens is 243 g/mol. The molecule has 0 saturated heterocycles. The Bertz CT molecular complexity index is 573. The van der Waals surface area contributed by atoms with Crippen LogP contribution in [0.25, 0.3) is 0 Å². The maximum atomic E-state index is 13.7. The lowest BCUT2D eigenvalue weighted by molar-refractivity contribution is 0.218. The first-order chi connectivity index (χ1) is 9.04. The van der Waals surface area contributed by atoms with Crippen molar-refractivity contribution in [2.45, 2.75) is 20.0 Å². The molecule has 2 aromatic rings. The lowest BCUT2D eigenvalue weighted by atomic mass is 9.93. The smallest absolute Gasteiger partial charge is 0.165 e. The highest BCUT2D eigenvalue weighted by molar-refractivity contribution is 5.42. The van der Waals surface area contributed by atoms with Gasteiger partial charge in [-0.1, -0.05) is 24.3 Å². The Morgan fingerprint density at radius 3 is 2.26 bits per heavy atom. The molecule has 2 nitrogen and oxygen atoms in total. The molecule has 0 fully saturated rings. The third kappa shape index (κ3) is 2.61. The number of rotatable bonds is 3. The third-order valence-electron chi connectivity index (χ3n) is 3.31. The number of aryl methyl sites for hydroxylation is 2. The highest BCUT2D eigenvalue weighted by atomic mass is 19.1. The standard InChI is InChI=1S/C16H17FO2/c1-10-5-4-6-11(2)15(10)16(18)12-7-8-14(19-3)13(17)9-12/h4-9,16,18H,1-3H3. The van der Waals surface area contributed by atoms with Gasteiger partial charge in [0, 0.05) is 0 Å². The van der Waals surface area contributed by atoms with Crippen LogP contribution in [0.15, 0.2) is 36.4 Å². The van der Waals surface area contributed by atoms with E-state index in [0.29, 0.717) is 5.56 Å². The Morgan fingerprint density at radius 1 is 1.11 bits per heavy atom. The van der Waals surface area contributed by atoms with Crippen molar-refractivity contribution in [2.75, 3.05) is 7.11 Å². The third-order valence-corrected chi connectivity index (χ3v) is 3.31. The van der Waals surface area contributed by atoms with Crippen molar-refractivity contribution >= 4 is 0 Å². The second-order valence-corrected chi connectivity index (χ2v) is 4.60. The fraction of sp³-hybridized carbons (Fsp3) is 0.250. The van der Waals surface area contributed by atoms with Crippen LogP contribution in [-0.4, -0.2) is 12.2 Å². The van der Waals surface area contributed by atoms with Crippen LogP contribution >= 0.6 is 0 Å². The second-order valence-electron chi connectivity index (χ2n) is 4.60. The molecule has 0 aliphatic heterocycles. The first-order valence-corrected chi connectivity index (χ1v) is 6.12. The monoisotopic (exact) mass is 260 g/mol. The van der Waals surface area contributed by atoms with E-state index in [9.17, 15) is 9.50 Å². The number of aliphatic hydroxyl groups is 1. The average Bonchev–Trinajstić information content (AvgIpc) is 2.38. The molecule has 19 heavy (non-hydrogen) atoms. The van der Waals surface area contributed by atoms with E-state index in [1.54, 1.807) is 6.07 Å². The molecule has 100 valence electrons. The molecule has 2 aromatic carbocycles. The van der Waals surface area contributed by atoms with Gasteiger partial charge < -0.3 is 9.84 Å². The lowest BCUT2D eigenvalue weighted by Gasteiger charge is -2.17. The van der Waals surface area contributed by atoms with Crippen molar-refractivity contribution in [2.24, 2.45) is 0 Å². The van der Waals surface area contributed by atoms with E-state index in [-0.39, 0.29) is 5.75 Å². The van der Waals surface area contributed by atoms with Gasteiger partial charge in [0.25, 0.3) is 0 Å². The summed E-state index contributed by atoms with van der Waals surface area (Å²) < 4.78 is 18.6. The van der Waals surface area contributed by atoms with Crippen molar-refractivity contribution < 1.29 is 14.2 Å². The highest BCUT2D eigenvalue weighted by Crippen LogP contribution is 2.30. The molecule has 3 heteroatoms. The summed E-state index contributed by atoms with van der Waals surface area (Å²) in [6, 6.07) is 10.3. The molecule has 0 heterocycles. The van der Waals surface area contributed by atoms with Crippen LogP contribution < -0.4 is 4.74 Å². The summed E-state index contributed by atoms with van der Waals surface area (Å²) in [7, 11) is 1.42. The predicted octanol–water partition coefficient (Wildman–Crippen LogP) is 3.53. The molecule has 0 aliphatic rings. The zero-order valence-electron chi connectivity index (χ0n) is 11.3. The summed E-state index contributed by atoms with van der Waals surface area (Å²) in [5.74, 6) is -0.289. The van der Waals surface area contributed by atoms with Gasteiger partial charge in [0.05, 0.1) is 7.11 Å². The largest absolute Gasteiger partial charge is 0.494 e. The van der Waals surface area contributed by atoms with Gasteiger partial charge in [-0.3, -0.25) is 0 Å². The summed E-state index contributed by atoms with van der Waals surface area (Å²) in [6.07, 6.45) is -0.832. The number of benzene rings is 2. The van der Waals surface area contributed by atoms with Gasteiger partial charge >= 0.3 is 0 Å². The van der Waals surface area contributed by atoms with Crippen LogP contribution in [0.1, 0.15) is 28.4 Å². The molecule has 2 rings (SSSR count). The quantitative estimate of drug-likeness (QED) is 0.914. The van der Waals surface area contributed by atoms with Gasteiger partial charge in [-0.25, -0.2) is 4.39 Å². The van der Waals surface area contributed by atoms with Crippen molar-refractivity contribution in [3.8, 4) is 5.75 Å². The lowest BCUT2D eigenvalue weighted by Crippen LogP contribution is -2.05. The Hall–Kier alpha value is -1.87. The molecule has 0 saturated carbocycles. The van der Waals surface area contributed by atoms with Crippen LogP contribution in [0, 0.1) is 19.7 Å². The Kier molecular flexibility index (Phi) is 3.86. The topological polar surface area (TPSA) is 29.5 Å². The first-order valence-electron chi connectivity index (χ1n) is 6.12. The molecule has 0 spiro atoms.